The van der Waals surface area contributed by atoms with E-state index >= 15 is 0 Å². The van der Waals surface area contributed by atoms with Crippen LogP contribution in [0.3, 0.4) is 0 Å². The maximum Gasteiger partial charge on any atom is 0.338 e. The lowest BCUT2D eigenvalue weighted by Gasteiger charge is -2.32. The summed E-state index contributed by atoms with van der Waals surface area (Å²) in [5.41, 5.74) is 2.76. The van der Waals surface area contributed by atoms with Gasteiger partial charge in [-0.1, -0.05) is 12.1 Å². The van der Waals surface area contributed by atoms with Gasteiger partial charge in [-0.05, 0) is 49.7 Å². The fraction of sp³-hybridized carbons (Fsp3) is 0.360. The topological polar surface area (TPSA) is 63.6 Å². The summed E-state index contributed by atoms with van der Waals surface area (Å²) in [6.07, 6.45) is 1.94. The molecule has 0 unspecified atom stereocenters. The number of carbonyl (C=O) groups excluding carboxylic acids is 1. The van der Waals surface area contributed by atoms with Gasteiger partial charge in [-0.15, -0.1) is 0 Å². The van der Waals surface area contributed by atoms with Crippen LogP contribution in [0.2, 0.25) is 0 Å². The van der Waals surface area contributed by atoms with Crippen molar-refractivity contribution < 1.29 is 18.3 Å². The van der Waals surface area contributed by atoms with Crippen LogP contribution < -0.4 is 10.9 Å². The molecule has 0 radical (unpaired) electrons. The Kier molecular flexibility index (Phi) is 5.95. The third-order valence-electron chi connectivity index (χ3n) is 6.59. The molecular formula is C25H25F2N3O3. The van der Waals surface area contributed by atoms with Crippen molar-refractivity contribution in [3.05, 3.63) is 81.1 Å². The van der Waals surface area contributed by atoms with Gasteiger partial charge in [0.05, 0.1) is 11.1 Å². The SMILES string of the molecule is O=C1OCc2cc(CNC3CCN(CCn4c(=O)ccc5c(F)cc(F)cc54)CC3)ccc21. The summed E-state index contributed by atoms with van der Waals surface area (Å²) in [5.74, 6) is -1.60. The molecule has 0 aliphatic carbocycles. The van der Waals surface area contributed by atoms with Gasteiger partial charge in [-0.25, -0.2) is 13.6 Å². The molecule has 1 fully saturated rings. The Morgan fingerprint density at radius 1 is 1.00 bits per heavy atom. The van der Waals surface area contributed by atoms with E-state index in [4.69, 9.17) is 4.74 Å². The van der Waals surface area contributed by atoms with Crippen LogP contribution in [0.1, 0.15) is 34.3 Å². The molecule has 0 bridgehead atoms. The van der Waals surface area contributed by atoms with Crippen molar-refractivity contribution in [2.45, 2.75) is 38.6 Å². The quantitative estimate of drug-likeness (QED) is 0.581. The minimum atomic E-state index is -0.686. The van der Waals surface area contributed by atoms with Crippen molar-refractivity contribution in [2.75, 3.05) is 19.6 Å². The lowest BCUT2D eigenvalue weighted by molar-refractivity contribution is 0.0535. The van der Waals surface area contributed by atoms with Crippen LogP contribution in [0.5, 0.6) is 0 Å². The number of aromatic nitrogens is 1. The molecule has 172 valence electrons. The first-order valence-corrected chi connectivity index (χ1v) is 11.2. The third kappa shape index (κ3) is 4.54. The molecular weight excluding hydrogens is 428 g/mol. The van der Waals surface area contributed by atoms with Gasteiger partial charge in [-0.3, -0.25) is 4.79 Å². The Morgan fingerprint density at radius 2 is 1.82 bits per heavy atom. The predicted octanol–water partition coefficient (Wildman–Crippen LogP) is 3.20. The minimum absolute atomic E-state index is 0.251. The number of hydrogen-bond donors (Lipinski definition) is 1. The van der Waals surface area contributed by atoms with E-state index in [0.717, 1.165) is 49.7 Å². The van der Waals surface area contributed by atoms with Gasteiger partial charge in [-0.2, -0.15) is 0 Å². The van der Waals surface area contributed by atoms with Gasteiger partial charge in [0.15, 0.2) is 0 Å². The molecule has 6 nitrogen and oxygen atoms in total. The summed E-state index contributed by atoms with van der Waals surface area (Å²) in [5, 5.41) is 3.84. The molecule has 5 rings (SSSR count). The zero-order chi connectivity index (χ0) is 22.9. The molecule has 3 heterocycles. The fourth-order valence-corrected chi connectivity index (χ4v) is 4.71. The number of rotatable bonds is 6. The molecule has 8 heteroatoms. The van der Waals surface area contributed by atoms with Crippen molar-refractivity contribution in [3.8, 4) is 0 Å². The highest BCUT2D eigenvalue weighted by atomic mass is 19.1. The number of piperidine rings is 1. The predicted molar refractivity (Wildman–Crippen MR) is 120 cm³/mol. The molecule has 2 aliphatic rings. The number of carbonyl (C=O) groups is 1. The largest absolute Gasteiger partial charge is 0.457 e. The first-order valence-electron chi connectivity index (χ1n) is 11.2. The number of pyridine rings is 1. The summed E-state index contributed by atoms with van der Waals surface area (Å²) < 4.78 is 34.3. The number of cyclic esters (lactones) is 1. The van der Waals surface area contributed by atoms with E-state index in [1.807, 2.05) is 18.2 Å². The number of halogens is 2. The first-order chi connectivity index (χ1) is 16.0. The number of likely N-dealkylation sites (tertiary alicyclic amines) is 1. The van der Waals surface area contributed by atoms with Gasteiger partial charge < -0.3 is 19.5 Å². The summed E-state index contributed by atoms with van der Waals surface area (Å²) in [7, 11) is 0. The van der Waals surface area contributed by atoms with Gasteiger partial charge in [0.2, 0.25) is 0 Å². The Balaban J connectivity index is 1.15. The van der Waals surface area contributed by atoms with Crippen molar-refractivity contribution in [1.82, 2.24) is 14.8 Å². The smallest absolute Gasteiger partial charge is 0.338 e. The molecule has 2 aromatic carbocycles. The van der Waals surface area contributed by atoms with Crippen LogP contribution in [-0.4, -0.2) is 41.1 Å². The number of fused-ring (bicyclic) bond motifs is 2. The number of ether oxygens (including phenoxy) is 1. The number of nitrogens with one attached hydrogen (secondary N) is 1. The molecule has 33 heavy (non-hydrogen) atoms. The highest BCUT2D eigenvalue weighted by Crippen LogP contribution is 2.22. The summed E-state index contributed by atoms with van der Waals surface area (Å²) in [4.78, 5) is 26.2. The zero-order valence-electron chi connectivity index (χ0n) is 18.2. The van der Waals surface area contributed by atoms with Crippen molar-refractivity contribution in [2.24, 2.45) is 0 Å². The lowest BCUT2D eigenvalue weighted by atomic mass is 10.0. The number of nitrogens with zero attached hydrogens (tertiary/aromatic N) is 2. The van der Waals surface area contributed by atoms with E-state index in [9.17, 15) is 18.4 Å². The first kappa shape index (κ1) is 21.7. The second kappa shape index (κ2) is 9.03. The van der Waals surface area contributed by atoms with E-state index in [1.54, 1.807) is 0 Å². The van der Waals surface area contributed by atoms with Gasteiger partial charge in [0, 0.05) is 48.8 Å². The minimum Gasteiger partial charge on any atom is -0.457 e. The Labute approximate surface area is 189 Å². The van der Waals surface area contributed by atoms with Crippen molar-refractivity contribution >= 4 is 16.9 Å². The monoisotopic (exact) mass is 453 g/mol. The van der Waals surface area contributed by atoms with E-state index < -0.39 is 11.6 Å². The number of esters is 1. The highest BCUT2D eigenvalue weighted by Gasteiger charge is 2.22. The van der Waals surface area contributed by atoms with Crippen LogP contribution in [0.15, 0.2) is 47.3 Å². The van der Waals surface area contributed by atoms with E-state index in [-0.39, 0.29) is 22.4 Å². The third-order valence-corrected chi connectivity index (χ3v) is 6.59. The second-order valence-corrected chi connectivity index (χ2v) is 8.71. The van der Waals surface area contributed by atoms with Crippen molar-refractivity contribution in [3.63, 3.8) is 0 Å². The maximum absolute atomic E-state index is 14.1. The van der Waals surface area contributed by atoms with E-state index in [0.29, 0.717) is 31.3 Å². The van der Waals surface area contributed by atoms with Gasteiger partial charge in [0.25, 0.3) is 5.56 Å². The van der Waals surface area contributed by atoms with E-state index in [1.165, 1.54) is 22.8 Å². The van der Waals surface area contributed by atoms with Crippen molar-refractivity contribution in [1.29, 1.82) is 0 Å². The van der Waals surface area contributed by atoms with Gasteiger partial charge >= 0.3 is 5.97 Å². The summed E-state index contributed by atoms with van der Waals surface area (Å²) in [6, 6.07) is 11.0. The molecule has 0 amide bonds. The molecule has 2 aliphatic heterocycles. The summed E-state index contributed by atoms with van der Waals surface area (Å²) in [6.45, 7) is 3.86. The Bertz CT molecular complexity index is 1270. The molecule has 3 aromatic rings. The zero-order valence-corrected chi connectivity index (χ0v) is 18.2. The van der Waals surface area contributed by atoms with Crippen LogP contribution in [0, 0.1) is 11.6 Å². The average Bonchev–Trinajstić information content (AvgIpc) is 3.17. The maximum atomic E-state index is 14.1. The Hall–Kier alpha value is -3.10. The highest BCUT2D eigenvalue weighted by molar-refractivity contribution is 5.93. The summed E-state index contributed by atoms with van der Waals surface area (Å²) >= 11 is 0. The normalized spacial score (nSPS) is 16.8. The van der Waals surface area contributed by atoms with Crippen LogP contribution in [0.25, 0.3) is 10.9 Å². The number of benzene rings is 2. The molecule has 1 saturated heterocycles. The standard InChI is InChI=1S/C25H25F2N3O3/c26-18-12-22(27)21-3-4-24(31)30(23(21)13-18)10-9-29-7-5-19(6-8-29)28-14-16-1-2-20-17(11-16)15-33-25(20)32/h1-4,11-13,19,28H,5-10,14-15H2. The van der Waals surface area contributed by atoms with Gasteiger partial charge in [0.1, 0.15) is 18.2 Å². The van der Waals surface area contributed by atoms with Crippen LogP contribution in [0.4, 0.5) is 8.78 Å². The molecule has 1 aromatic heterocycles. The Morgan fingerprint density at radius 3 is 2.64 bits per heavy atom. The molecule has 0 atom stereocenters. The van der Waals surface area contributed by atoms with Crippen LogP contribution >= 0.6 is 0 Å². The van der Waals surface area contributed by atoms with Crippen LogP contribution in [-0.2, 0) is 24.4 Å². The molecule has 0 saturated carbocycles. The lowest BCUT2D eigenvalue weighted by Crippen LogP contribution is -2.43. The number of hydrogen-bond acceptors (Lipinski definition) is 5. The average molecular weight is 453 g/mol. The van der Waals surface area contributed by atoms with E-state index in [2.05, 4.69) is 10.2 Å². The fourth-order valence-electron chi connectivity index (χ4n) is 4.71. The second-order valence-electron chi connectivity index (χ2n) is 8.71. The molecule has 0 spiro atoms. The molecule has 1 N–H and O–H groups in total.